The van der Waals surface area contributed by atoms with Gasteiger partial charge in [-0.3, -0.25) is 0 Å². The quantitative estimate of drug-likeness (QED) is 0.225. The van der Waals surface area contributed by atoms with Crippen LogP contribution in [0, 0.1) is 0 Å². The van der Waals surface area contributed by atoms with Crippen LogP contribution in [0.5, 0.6) is 11.5 Å². The summed E-state index contributed by atoms with van der Waals surface area (Å²) in [4.78, 5) is 5.19. The number of ether oxygens (including phenoxy) is 2. The molecule has 0 fully saturated rings. The molecule has 0 N–H and O–H groups in total. The van der Waals surface area contributed by atoms with E-state index >= 15 is 0 Å². The third kappa shape index (κ3) is 9.66. The average Bonchev–Trinajstić information content (AvgIpc) is 2.63. The smallest absolute Gasteiger partial charge is 0.188 e. The first-order chi connectivity index (χ1) is 13.0. The minimum absolute atomic E-state index is 0.103. The Hall–Kier alpha value is -1.75. The summed E-state index contributed by atoms with van der Waals surface area (Å²) in [5, 5.41) is 3.16. The molecule has 0 saturated heterocycles. The van der Waals surface area contributed by atoms with Gasteiger partial charge in [-0.15, -0.1) is 0 Å². The number of unbranched alkanes of at least 4 members (excludes halogenated alkanes) is 2. The van der Waals surface area contributed by atoms with Crippen molar-refractivity contribution < 1.29 is 18.7 Å². The Morgan fingerprint density at radius 3 is 2.22 bits per heavy atom. The van der Waals surface area contributed by atoms with E-state index in [0.717, 1.165) is 54.7 Å². The van der Waals surface area contributed by atoms with Crippen LogP contribution in [0.1, 0.15) is 58.1 Å². The summed E-state index contributed by atoms with van der Waals surface area (Å²) in [6.07, 6.45) is 5.81. The standard InChI is InChI=1S/C21H31ClFNO3/c1-5-17-14-19(25-13-10-20(22)23)15-18(6-2)21(17)26-11-8-7-9-12-27-24-16(3)4/h10,14-15H,5-9,11-13H2,1-4H3/b20-10-. The molecule has 0 unspecified atom stereocenters. The fraction of sp³-hybridized carbons (Fsp3) is 0.571. The number of hydrogen-bond donors (Lipinski definition) is 0. The van der Waals surface area contributed by atoms with E-state index in [1.54, 1.807) is 0 Å². The van der Waals surface area contributed by atoms with Gasteiger partial charge >= 0.3 is 0 Å². The highest BCUT2D eigenvalue weighted by Crippen LogP contribution is 2.31. The lowest BCUT2D eigenvalue weighted by atomic mass is 10.0. The van der Waals surface area contributed by atoms with Crippen LogP contribution in [-0.4, -0.2) is 25.5 Å². The van der Waals surface area contributed by atoms with Crippen molar-refractivity contribution in [3.63, 3.8) is 0 Å². The molecule has 0 heterocycles. The molecule has 6 heteroatoms. The number of oxime groups is 1. The van der Waals surface area contributed by atoms with Crippen LogP contribution in [0.15, 0.2) is 28.7 Å². The normalized spacial score (nSPS) is 11.3. The molecule has 0 spiro atoms. The molecule has 0 saturated carbocycles. The molecule has 0 aliphatic carbocycles. The molecule has 0 aliphatic rings. The van der Waals surface area contributed by atoms with Crippen LogP contribution in [0.4, 0.5) is 4.39 Å². The molecule has 1 aromatic carbocycles. The van der Waals surface area contributed by atoms with Crippen LogP contribution >= 0.6 is 11.6 Å². The van der Waals surface area contributed by atoms with Crippen molar-refractivity contribution in [2.45, 2.75) is 59.8 Å². The fourth-order valence-electron chi connectivity index (χ4n) is 2.51. The molecule has 27 heavy (non-hydrogen) atoms. The molecule has 0 aromatic heterocycles. The highest BCUT2D eigenvalue weighted by atomic mass is 35.5. The molecule has 1 rings (SSSR count). The second-order valence-corrected chi connectivity index (χ2v) is 6.72. The van der Waals surface area contributed by atoms with Gasteiger partial charge in [-0.2, -0.15) is 4.39 Å². The SMILES string of the molecule is CCc1cc(OC/C=C(\F)Cl)cc(CC)c1OCCCCCON=C(C)C. The van der Waals surface area contributed by atoms with Gasteiger partial charge in [0.25, 0.3) is 0 Å². The van der Waals surface area contributed by atoms with Gasteiger partial charge in [0.1, 0.15) is 24.7 Å². The van der Waals surface area contributed by atoms with E-state index in [2.05, 4.69) is 19.0 Å². The van der Waals surface area contributed by atoms with Crippen molar-refractivity contribution in [1.29, 1.82) is 0 Å². The molecule has 0 bridgehead atoms. The number of rotatable bonds is 13. The summed E-state index contributed by atoms with van der Waals surface area (Å²) >= 11 is 5.19. The Morgan fingerprint density at radius 2 is 1.67 bits per heavy atom. The monoisotopic (exact) mass is 399 g/mol. The predicted octanol–water partition coefficient (Wildman–Crippen LogP) is 6.20. The largest absolute Gasteiger partial charge is 0.493 e. The lowest BCUT2D eigenvalue weighted by Gasteiger charge is -2.17. The second kappa shape index (κ2) is 13.4. The van der Waals surface area contributed by atoms with Gasteiger partial charge in [0.15, 0.2) is 5.29 Å². The maximum Gasteiger partial charge on any atom is 0.188 e. The van der Waals surface area contributed by atoms with E-state index in [9.17, 15) is 4.39 Å². The van der Waals surface area contributed by atoms with E-state index < -0.39 is 5.29 Å². The molecule has 0 atom stereocenters. The first-order valence-corrected chi connectivity index (χ1v) is 9.91. The number of aryl methyl sites for hydroxylation is 2. The molecular weight excluding hydrogens is 369 g/mol. The Labute approximate surface area is 167 Å². The minimum Gasteiger partial charge on any atom is -0.493 e. The lowest BCUT2D eigenvalue weighted by Crippen LogP contribution is -2.05. The van der Waals surface area contributed by atoms with Gasteiger partial charge in [-0.25, -0.2) is 0 Å². The highest BCUT2D eigenvalue weighted by molar-refractivity contribution is 6.28. The third-order valence-corrected chi connectivity index (χ3v) is 3.99. The number of halogens is 2. The molecule has 0 radical (unpaired) electrons. The first kappa shape index (κ1) is 23.3. The maximum atomic E-state index is 12.6. The predicted molar refractivity (Wildman–Crippen MR) is 110 cm³/mol. The van der Waals surface area contributed by atoms with Crippen LogP contribution in [-0.2, 0) is 17.7 Å². The second-order valence-electron chi connectivity index (χ2n) is 6.36. The van der Waals surface area contributed by atoms with Crippen LogP contribution in [0.3, 0.4) is 0 Å². The van der Waals surface area contributed by atoms with Gasteiger partial charge in [-0.05, 0) is 69.2 Å². The molecular formula is C21H31ClFNO3. The highest BCUT2D eigenvalue weighted by Gasteiger charge is 2.11. The van der Waals surface area contributed by atoms with Crippen molar-refractivity contribution in [2.24, 2.45) is 5.16 Å². The minimum atomic E-state index is -0.761. The Balaban J connectivity index is 2.55. The maximum absolute atomic E-state index is 12.6. The van der Waals surface area contributed by atoms with Gasteiger partial charge in [0, 0.05) is 6.08 Å². The Morgan fingerprint density at radius 1 is 1.04 bits per heavy atom. The van der Waals surface area contributed by atoms with Gasteiger partial charge in [-0.1, -0.05) is 30.6 Å². The Kier molecular flexibility index (Phi) is 11.6. The molecule has 4 nitrogen and oxygen atoms in total. The van der Waals surface area contributed by atoms with Gasteiger partial charge in [0.2, 0.25) is 0 Å². The molecule has 1 aromatic rings. The average molecular weight is 400 g/mol. The first-order valence-electron chi connectivity index (χ1n) is 9.53. The number of hydrogen-bond acceptors (Lipinski definition) is 4. The zero-order valence-corrected chi connectivity index (χ0v) is 17.6. The summed E-state index contributed by atoms with van der Waals surface area (Å²) in [5.74, 6) is 1.64. The third-order valence-electron chi connectivity index (χ3n) is 3.84. The summed E-state index contributed by atoms with van der Waals surface area (Å²) in [7, 11) is 0. The van der Waals surface area contributed by atoms with Crippen LogP contribution in [0.2, 0.25) is 0 Å². The van der Waals surface area contributed by atoms with Gasteiger partial charge < -0.3 is 14.3 Å². The van der Waals surface area contributed by atoms with Gasteiger partial charge in [0.05, 0.1) is 12.3 Å². The summed E-state index contributed by atoms with van der Waals surface area (Å²) in [6.45, 7) is 9.38. The fourth-order valence-corrected chi connectivity index (χ4v) is 2.57. The lowest BCUT2D eigenvalue weighted by molar-refractivity contribution is 0.138. The molecule has 0 amide bonds. The Bertz CT molecular complexity index is 599. The van der Waals surface area contributed by atoms with Crippen molar-refractivity contribution in [1.82, 2.24) is 0 Å². The van der Waals surface area contributed by atoms with E-state index in [-0.39, 0.29) is 6.61 Å². The molecule has 152 valence electrons. The van der Waals surface area contributed by atoms with Crippen molar-refractivity contribution >= 4 is 17.3 Å². The zero-order valence-electron chi connectivity index (χ0n) is 16.8. The topological polar surface area (TPSA) is 40.0 Å². The van der Waals surface area contributed by atoms with Crippen LogP contribution < -0.4 is 9.47 Å². The summed E-state index contributed by atoms with van der Waals surface area (Å²) in [6, 6.07) is 3.90. The van der Waals surface area contributed by atoms with E-state index in [1.807, 2.05) is 26.0 Å². The number of nitrogens with zero attached hydrogens (tertiary/aromatic N) is 1. The van der Waals surface area contributed by atoms with E-state index in [0.29, 0.717) is 19.0 Å². The van der Waals surface area contributed by atoms with E-state index in [4.69, 9.17) is 25.9 Å². The zero-order chi connectivity index (χ0) is 20.1. The van der Waals surface area contributed by atoms with Crippen molar-refractivity contribution in [2.75, 3.05) is 19.8 Å². The van der Waals surface area contributed by atoms with Crippen molar-refractivity contribution in [3.05, 3.63) is 34.6 Å². The molecule has 0 aliphatic heterocycles. The summed E-state index contributed by atoms with van der Waals surface area (Å²) < 4.78 is 24.2. The number of benzene rings is 1. The van der Waals surface area contributed by atoms with E-state index in [1.165, 1.54) is 6.08 Å². The van der Waals surface area contributed by atoms with Crippen molar-refractivity contribution in [3.8, 4) is 11.5 Å². The van der Waals surface area contributed by atoms with Crippen LogP contribution in [0.25, 0.3) is 0 Å². The summed E-state index contributed by atoms with van der Waals surface area (Å²) in [5.41, 5.74) is 3.11.